The molecule has 1 fully saturated rings. The van der Waals surface area contributed by atoms with Crippen molar-refractivity contribution in [2.24, 2.45) is 5.92 Å². The molecule has 220 valence electrons. The molecule has 0 bridgehead atoms. The van der Waals surface area contributed by atoms with Crippen molar-refractivity contribution >= 4 is 92.8 Å². The number of nitrogens with one attached hydrogen (secondary N) is 3. The number of carbonyl (C=O) groups excluding carboxylic acids is 3. The zero-order valence-corrected chi connectivity index (χ0v) is 25.3. The zero-order chi connectivity index (χ0) is 31.1. The number of hydrogen-bond donors (Lipinski definition) is 3. The van der Waals surface area contributed by atoms with E-state index in [-0.39, 0.29) is 26.9 Å². The van der Waals surface area contributed by atoms with Gasteiger partial charge in [0.05, 0.1) is 32.2 Å². The van der Waals surface area contributed by atoms with E-state index < -0.39 is 56.9 Å². The minimum atomic E-state index is -1.42. The van der Waals surface area contributed by atoms with E-state index >= 15 is 4.39 Å². The van der Waals surface area contributed by atoms with Crippen LogP contribution in [0.2, 0.25) is 15.1 Å². The molecule has 4 aromatic rings. The number of carbonyl (C=O) groups is 3. The van der Waals surface area contributed by atoms with Gasteiger partial charge in [-0.2, -0.15) is 0 Å². The fourth-order valence-corrected chi connectivity index (χ4v) is 5.84. The molecule has 43 heavy (non-hydrogen) atoms. The lowest BCUT2D eigenvalue weighted by atomic mass is 10.1. The smallest absolute Gasteiger partial charge is 0.257 e. The summed E-state index contributed by atoms with van der Waals surface area (Å²) in [5.41, 5.74) is -0.313. The highest BCUT2D eigenvalue weighted by Gasteiger charge is 2.67. The summed E-state index contributed by atoms with van der Waals surface area (Å²) >= 11 is 31.1. The maximum absolute atomic E-state index is 15.2. The van der Waals surface area contributed by atoms with Gasteiger partial charge >= 0.3 is 0 Å². The van der Waals surface area contributed by atoms with Crippen molar-refractivity contribution in [1.82, 2.24) is 0 Å². The molecule has 5 rings (SSSR count). The second-order valence-corrected chi connectivity index (χ2v) is 12.2. The van der Waals surface area contributed by atoms with Crippen LogP contribution < -0.4 is 16.0 Å². The van der Waals surface area contributed by atoms with E-state index in [1.807, 2.05) is 0 Å². The fourth-order valence-electron chi connectivity index (χ4n) is 4.50. The summed E-state index contributed by atoms with van der Waals surface area (Å²) in [6, 6.07) is 18.6. The van der Waals surface area contributed by atoms with Crippen LogP contribution in [0.25, 0.3) is 0 Å². The van der Waals surface area contributed by atoms with Crippen molar-refractivity contribution in [2.45, 2.75) is 10.3 Å². The highest BCUT2D eigenvalue weighted by molar-refractivity contribution is 6.53. The lowest BCUT2D eigenvalue weighted by Gasteiger charge is -2.13. The third-order valence-electron chi connectivity index (χ3n) is 6.73. The molecule has 2 atom stereocenters. The normalized spacial score (nSPS) is 16.7. The van der Waals surface area contributed by atoms with Crippen LogP contribution in [0.4, 0.5) is 25.8 Å². The largest absolute Gasteiger partial charge is 0.326 e. The molecule has 3 amide bonds. The van der Waals surface area contributed by atoms with Crippen molar-refractivity contribution in [3.8, 4) is 0 Å². The number of rotatable bonds is 7. The summed E-state index contributed by atoms with van der Waals surface area (Å²) in [5, 5.41) is 7.77. The first-order valence-electron chi connectivity index (χ1n) is 12.5. The molecule has 0 spiro atoms. The van der Waals surface area contributed by atoms with E-state index in [1.54, 1.807) is 36.4 Å². The number of benzene rings is 4. The quantitative estimate of drug-likeness (QED) is 0.170. The van der Waals surface area contributed by atoms with Gasteiger partial charge in [-0.15, -0.1) is 23.2 Å². The topological polar surface area (TPSA) is 87.3 Å². The third-order valence-corrected chi connectivity index (χ3v) is 8.74. The summed E-state index contributed by atoms with van der Waals surface area (Å²) in [5.74, 6) is -5.81. The van der Waals surface area contributed by atoms with Crippen LogP contribution in [-0.4, -0.2) is 22.1 Å². The number of anilines is 3. The molecule has 3 N–H and O–H groups in total. The van der Waals surface area contributed by atoms with E-state index in [0.29, 0.717) is 10.6 Å². The predicted octanol–water partition coefficient (Wildman–Crippen LogP) is 8.96. The van der Waals surface area contributed by atoms with Crippen LogP contribution >= 0.6 is 58.0 Å². The molecular weight excluding hydrogens is 666 g/mol. The van der Waals surface area contributed by atoms with Crippen LogP contribution in [0.5, 0.6) is 0 Å². The van der Waals surface area contributed by atoms with E-state index in [9.17, 15) is 18.8 Å². The highest BCUT2D eigenvalue weighted by Crippen LogP contribution is 2.65. The molecule has 1 saturated carbocycles. The average molecular weight is 684 g/mol. The Labute approximate surface area is 269 Å². The predicted molar refractivity (Wildman–Crippen MR) is 166 cm³/mol. The van der Waals surface area contributed by atoms with E-state index in [2.05, 4.69) is 16.0 Å². The number of amides is 3. The molecule has 13 heteroatoms. The monoisotopic (exact) mass is 681 g/mol. The first-order valence-corrected chi connectivity index (χ1v) is 14.4. The van der Waals surface area contributed by atoms with Crippen LogP contribution in [0, 0.1) is 17.6 Å². The lowest BCUT2D eigenvalue weighted by Crippen LogP contribution is -2.19. The second-order valence-electron chi connectivity index (χ2n) is 9.55. The summed E-state index contributed by atoms with van der Waals surface area (Å²) in [4.78, 5) is 38.6. The zero-order valence-electron chi connectivity index (χ0n) is 21.5. The van der Waals surface area contributed by atoms with Gasteiger partial charge in [-0.1, -0.05) is 59.1 Å². The van der Waals surface area contributed by atoms with Crippen LogP contribution in [0.1, 0.15) is 32.2 Å². The lowest BCUT2D eigenvalue weighted by molar-refractivity contribution is -0.117. The number of halogens is 7. The van der Waals surface area contributed by atoms with Gasteiger partial charge in [-0.25, -0.2) is 8.78 Å². The van der Waals surface area contributed by atoms with Crippen molar-refractivity contribution in [3.05, 3.63) is 122 Å². The Morgan fingerprint density at radius 3 is 2.12 bits per heavy atom. The minimum Gasteiger partial charge on any atom is -0.326 e. The van der Waals surface area contributed by atoms with Gasteiger partial charge in [-0.3, -0.25) is 14.4 Å². The van der Waals surface area contributed by atoms with Gasteiger partial charge in [0, 0.05) is 17.2 Å². The first-order chi connectivity index (χ1) is 20.4. The first kappa shape index (κ1) is 31.0. The molecule has 0 heterocycles. The Morgan fingerprint density at radius 2 is 1.42 bits per heavy atom. The van der Waals surface area contributed by atoms with Crippen molar-refractivity contribution < 1.29 is 23.2 Å². The molecule has 1 aliphatic rings. The van der Waals surface area contributed by atoms with Gasteiger partial charge in [0.15, 0.2) is 5.82 Å². The summed E-state index contributed by atoms with van der Waals surface area (Å²) < 4.78 is 28.3. The van der Waals surface area contributed by atoms with E-state index in [1.165, 1.54) is 30.3 Å². The van der Waals surface area contributed by atoms with Crippen LogP contribution in [0.3, 0.4) is 0 Å². The van der Waals surface area contributed by atoms with Crippen molar-refractivity contribution in [1.29, 1.82) is 0 Å². The Balaban J connectivity index is 1.31. The van der Waals surface area contributed by atoms with E-state index in [4.69, 9.17) is 58.0 Å². The van der Waals surface area contributed by atoms with E-state index in [0.717, 1.165) is 12.1 Å². The number of hydrogen-bond acceptors (Lipinski definition) is 3. The summed E-state index contributed by atoms with van der Waals surface area (Å²) in [6.45, 7) is 0. The Kier molecular flexibility index (Phi) is 8.88. The molecule has 0 aromatic heterocycles. The van der Waals surface area contributed by atoms with Gasteiger partial charge in [0.1, 0.15) is 15.8 Å². The maximum Gasteiger partial charge on any atom is 0.257 e. The maximum atomic E-state index is 15.2. The summed E-state index contributed by atoms with van der Waals surface area (Å²) in [7, 11) is 0. The molecule has 4 aromatic carbocycles. The second kappa shape index (κ2) is 12.3. The third kappa shape index (κ3) is 6.44. The van der Waals surface area contributed by atoms with Crippen LogP contribution in [0.15, 0.2) is 78.9 Å². The molecule has 6 nitrogen and oxygen atoms in total. The Bertz CT molecular complexity index is 1770. The van der Waals surface area contributed by atoms with Gasteiger partial charge < -0.3 is 16.0 Å². The van der Waals surface area contributed by atoms with Gasteiger partial charge in [0.2, 0.25) is 5.91 Å². The molecule has 0 saturated heterocycles. The standard InChI is InChI=1S/C30H18Cl5F2N3O3/c31-18-9-7-16(38-29(43)24-23(30(24,34)35)15-6-8-19(32)20(33)12-15)13-17(18)28(42)39-22-11-10-21(36)26(25(22)37)40-27(41)14-4-2-1-3-5-14/h1-13,23-24H,(H,38,43)(H,39,42)(H,40,41)/t23-,24+/m0/s1. The van der Waals surface area contributed by atoms with Crippen molar-refractivity contribution in [2.75, 3.05) is 16.0 Å². The van der Waals surface area contributed by atoms with Gasteiger partial charge in [-0.05, 0) is 60.2 Å². The molecule has 0 unspecified atom stereocenters. The average Bonchev–Trinajstić information content (AvgIpc) is 3.57. The molecule has 0 aliphatic heterocycles. The SMILES string of the molecule is O=C(Nc1c(F)ccc(NC(=O)c2cc(NC(=O)[C@H]3[C@H](c4ccc(Cl)c(Cl)c4)C3(Cl)Cl)ccc2Cl)c1F)c1ccccc1. The molecule has 1 aliphatic carbocycles. The number of alkyl halides is 2. The van der Waals surface area contributed by atoms with Crippen molar-refractivity contribution in [3.63, 3.8) is 0 Å². The van der Waals surface area contributed by atoms with Gasteiger partial charge in [0.25, 0.3) is 11.8 Å². The minimum absolute atomic E-state index is 0.0141. The van der Waals surface area contributed by atoms with Crippen LogP contribution in [-0.2, 0) is 4.79 Å². The Morgan fingerprint density at radius 1 is 0.721 bits per heavy atom. The summed E-state index contributed by atoms with van der Waals surface area (Å²) in [6.07, 6.45) is 0. The molecule has 0 radical (unpaired) electrons. The fraction of sp³-hybridized carbons (Fsp3) is 0.100. The Hall–Kier alpha value is -3.40. The highest BCUT2D eigenvalue weighted by atomic mass is 35.5. The molecular formula is C30H18Cl5F2N3O3.